The molecule has 1 heterocycles. The van der Waals surface area contributed by atoms with Crippen LogP contribution < -0.4 is 11.1 Å². The zero-order valence-electron chi connectivity index (χ0n) is 12.7. The third-order valence-electron chi connectivity index (χ3n) is 4.39. The summed E-state index contributed by atoms with van der Waals surface area (Å²) in [5.74, 6) is 0.0490. The second-order valence-electron chi connectivity index (χ2n) is 6.19. The predicted octanol–water partition coefficient (Wildman–Crippen LogP) is 0.403. The van der Waals surface area contributed by atoms with E-state index in [1.165, 1.54) is 6.42 Å². The lowest BCUT2D eigenvalue weighted by Crippen LogP contribution is -2.46. The van der Waals surface area contributed by atoms with Gasteiger partial charge >= 0.3 is 0 Å². The van der Waals surface area contributed by atoms with Crippen LogP contribution in [0.25, 0.3) is 0 Å². The van der Waals surface area contributed by atoms with Gasteiger partial charge in [-0.15, -0.1) is 0 Å². The summed E-state index contributed by atoms with van der Waals surface area (Å²) in [4.78, 5) is 25.7. The second-order valence-corrected chi connectivity index (χ2v) is 6.19. The summed E-state index contributed by atoms with van der Waals surface area (Å²) in [5, 5.41) is 2.83. The maximum Gasteiger partial charge on any atom is 0.224 e. The van der Waals surface area contributed by atoms with Gasteiger partial charge in [0.2, 0.25) is 11.8 Å². The van der Waals surface area contributed by atoms with E-state index < -0.39 is 0 Å². The summed E-state index contributed by atoms with van der Waals surface area (Å²) in [5.41, 5.74) is 5.92. The van der Waals surface area contributed by atoms with E-state index in [0.29, 0.717) is 45.7 Å². The minimum atomic E-state index is -0.337. The number of morpholine rings is 1. The molecule has 120 valence electrons. The molecular formula is C15H27N3O3. The first kappa shape index (κ1) is 16.2. The van der Waals surface area contributed by atoms with Crippen molar-refractivity contribution in [3.63, 3.8) is 0 Å². The Labute approximate surface area is 126 Å². The van der Waals surface area contributed by atoms with Crippen molar-refractivity contribution in [1.29, 1.82) is 0 Å². The summed E-state index contributed by atoms with van der Waals surface area (Å²) in [6, 6.07) is 0. The summed E-state index contributed by atoms with van der Waals surface area (Å²) in [6.07, 6.45) is 6.01. The molecule has 1 saturated carbocycles. The number of carbonyl (C=O) groups is 2. The Kier molecular flexibility index (Phi) is 5.99. The van der Waals surface area contributed by atoms with Gasteiger partial charge in [-0.25, -0.2) is 0 Å². The van der Waals surface area contributed by atoms with Crippen LogP contribution in [0, 0.1) is 0 Å². The molecule has 6 nitrogen and oxygen atoms in total. The lowest BCUT2D eigenvalue weighted by atomic mass is 9.80. The van der Waals surface area contributed by atoms with Crippen LogP contribution >= 0.6 is 0 Å². The van der Waals surface area contributed by atoms with Crippen LogP contribution in [0.4, 0.5) is 0 Å². The largest absolute Gasteiger partial charge is 0.378 e. The number of hydrogen-bond acceptors (Lipinski definition) is 4. The SMILES string of the molecule is NC1(CC(=O)NCCC(=O)N2CCOCC2)CCCCC1. The van der Waals surface area contributed by atoms with Crippen molar-refractivity contribution in [2.24, 2.45) is 5.73 Å². The second kappa shape index (κ2) is 7.75. The van der Waals surface area contributed by atoms with Crippen molar-refractivity contribution in [3.8, 4) is 0 Å². The molecule has 21 heavy (non-hydrogen) atoms. The van der Waals surface area contributed by atoms with Crippen LogP contribution in [0.15, 0.2) is 0 Å². The molecule has 2 fully saturated rings. The van der Waals surface area contributed by atoms with Crippen molar-refractivity contribution >= 4 is 11.8 Å². The van der Waals surface area contributed by atoms with E-state index in [2.05, 4.69) is 5.32 Å². The van der Waals surface area contributed by atoms with E-state index in [0.717, 1.165) is 25.7 Å². The number of nitrogens with one attached hydrogen (secondary N) is 1. The maximum absolute atomic E-state index is 11.9. The molecule has 0 spiro atoms. The monoisotopic (exact) mass is 297 g/mol. The van der Waals surface area contributed by atoms with Gasteiger partial charge in [-0.3, -0.25) is 9.59 Å². The molecule has 0 aromatic rings. The smallest absolute Gasteiger partial charge is 0.224 e. The van der Waals surface area contributed by atoms with Gasteiger partial charge in [-0.05, 0) is 12.8 Å². The van der Waals surface area contributed by atoms with Crippen LogP contribution in [0.3, 0.4) is 0 Å². The van der Waals surface area contributed by atoms with Gasteiger partial charge in [0.1, 0.15) is 0 Å². The van der Waals surface area contributed by atoms with E-state index in [1.807, 2.05) is 0 Å². The van der Waals surface area contributed by atoms with E-state index in [-0.39, 0.29) is 17.4 Å². The average molecular weight is 297 g/mol. The van der Waals surface area contributed by atoms with Crippen molar-refractivity contribution in [3.05, 3.63) is 0 Å². The Morgan fingerprint density at radius 1 is 1.14 bits per heavy atom. The topological polar surface area (TPSA) is 84.7 Å². The fraction of sp³-hybridized carbons (Fsp3) is 0.867. The number of nitrogens with two attached hydrogens (primary N) is 1. The molecule has 6 heteroatoms. The molecule has 1 aliphatic heterocycles. The zero-order valence-corrected chi connectivity index (χ0v) is 12.7. The molecule has 0 radical (unpaired) electrons. The van der Waals surface area contributed by atoms with Gasteiger partial charge in [0, 0.05) is 38.0 Å². The first-order valence-corrected chi connectivity index (χ1v) is 8.00. The van der Waals surface area contributed by atoms with Crippen LogP contribution in [0.2, 0.25) is 0 Å². The lowest BCUT2D eigenvalue weighted by Gasteiger charge is -2.32. The van der Waals surface area contributed by atoms with Crippen molar-refractivity contribution < 1.29 is 14.3 Å². The number of ether oxygens (including phenoxy) is 1. The summed E-state index contributed by atoms with van der Waals surface area (Å²) in [6.45, 7) is 2.91. The molecule has 1 aliphatic carbocycles. The van der Waals surface area contributed by atoms with E-state index >= 15 is 0 Å². The number of hydrogen-bond donors (Lipinski definition) is 2. The highest BCUT2D eigenvalue weighted by Gasteiger charge is 2.29. The fourth-order valence-corrected chi connectivity index (χ4v) is 3.09. The molecule has 1 saturated heterocycles. The molecule has 0 atom stereocenters. The standard InChI is InChI=1S/C15H27N3O3/c16-15(5-2-1-3-6-15)12-13(19)17-7-4-14(20)18-8-10-21-11-9-18/h1-12,16H2,(H,17,19). The lowest BCUT2D eigenvalue weighted by molar-refractivity contribution is -0.135. The number of nitrogens with zero attached hydrogens (tertiary/aromatic N) is 1. The van der Waals surface area contributed by atoms with Gasteiger partial charge in [0.05, 0.1) is 13.2 Å². The van der Waals surface area contributed by atoms with Crippen molar-refractivity contribution in [1.82, 2.24) is 10.2 Å². The van der Waals surface area contributed by atoms with Gasteiger partial charge in [0.25, 0.3) is 0 Å². The minimum absolute atomic E-state index is 0.0332. The first-order valence-electron chi connectivity index (χ1n) is 8.00. The highest BCUT2D eigenvalue weighted by molar-refractivity contribution is 5.79. The Morgan fingerprint density at radius 3 is 2.48 bits per heavy atom. The third kappa shape index (κ3) is 5.28. The van der Waals surface area contributed by atoms with E-state index in [1.54, 1.807) is 4.90 Å². The average Bonchev–Trinajstić information content (AvgIpc) is 2.48. The zero-order chi connectivity index (χ0) is 15.1. The number of carbonyl (C=O) groups excluding carboxylic acids is 2. The van der Waals surface area contributed by atoms with Gasteiger partial charge in [-0.2, -0.15) is 0 Å². The van der Waals surface area contributed by atoms with Crippen LogP contribution in [-0.4, -0.2) is 55.1 Å². The molecule has 2 amide bonds. The van der Waals surface area contributed by atoms with Crippen LogP contribution in [0.5, 0.6) is 0 Å². The molecule has 2 aliphatic rings. The quantitative estimate of drug-likeness (QED) is 0.769. The van der Waals surface area contributed by atoms with Crippen molar-refractivity contribution in [2.75, 3.05) is 32.8 Å². The Morgan fingerprint density at radius 2 is 1.81 bits per heavy atom. The van der Waals surface area contributed by atoms with Crippen LogP contribution in [-0.2, 0) is 14.3 Å². The van der Waals surface area contributed by atoms with Crippen molar-refractivity contribution in [2.45, 2.75) is 50.5 Å². The molecule has 0 unspecified atom stereocenters. The number of amides is 2. The molecule has 0 aromatic heterocycles. The summed E-state index contributed by atoms with van der Waals surface area (Å²) in [7, 11) is 0. The molecule has 3 N–H and O–H groups in total. The molecule has 0 aromatic carbocycles. The Bertz CT molecular complexity index is 361. The highest BCUT2D eigenvalue weighted by atomic mass is 16.5. The van der Waals surface area contributed by atoms with Gasteiger partial charge in [-0.1, -0.05) is 19.3 Å². The molecule has 0 bridgehead atoms. The Balaban J connectivity index is 1.63. The predicted molar refractivity (Wildman–Crippen MR) is 79.6 cm³/mol. The first-order chi connectivity index (χ1) is 10.1. The molecular weight excluding hydrogens is 270 g/mol. The third-order valence-corrected chi connectivity index (χ3v) is 4.39. The number of rotatable bonds is 5. The summed E-state index contributed by atoms with van der Waals surface area (Å²) < 4.78 is 5.21. The Hall–Kier alpha value is -1.14. The maximum atomic E-state index is 11.9. The fourth-order valence-electron chi connectivity index (χ4n) is 3.09. The molecule has 2 rings (SSSR count). The van der Waals surface area contributed by atoms with Gasteiger partial charge in [0.15, 0.2) is 0 Å². The van der Waals surface area contributed by atoms with E-state index in [9.17, 15) is 9.59 Å². The van der Waals surface area contributed by atoms with Gasteiger partial charge < -0.3 is 20.7 Å². The highest BCUT2D eigenvalue weighted by Crippen LogP contribution is 2.28. The normalized spacial score (nSPS) is 21.9. The van der Waals surface area contributed by atoms with Crippen LogP contribution in [0.1, 0.15) is 44.9 Å². The minimum Gasteiger partial charge on any atom is -0.378 e. The van der Waals surface area contributed by atoms with E-state index in [4.69, 9.17) is 10.5 Å². The summed E-state index contributed by atoms with van der Waals surface area (Å²) >= 11 is 0.